The van der Waals surface area contributed by atoms with E-state index in [0.717, 1.165) is 30.5 Å². The van der Waals surface area contributed by atoms with Crippen LogP contribution in [0.25, 0.3) is 11.0 Å². The average molecular weight is 358 g/mol. The van der Waals surface area contributed by atoms with Crippen LogP contribution in [0.1, 0.15) is 19.4 Å². The van der Waals surface area contributed by atoms with Crippen LogP contribution in [0.3, 0.4) is 0 Å². The molecule has 3 rings (SSSR count). The molecule has 6 heteroatoms. The molecule has 0 bridgehead atoms. The van der Waals surface area contributed by atoms with E-state index >= 15 is 0 Å². The average Bonchev–Trinajstić information content (AvgIpc) is 2.66. The molecule has 2 heterocycles. The van der Waals surface area contributed by atoms with E-state index in [1.165, 1.54) is 6.07 Å². The fraction of sp³-hybridized carbons (Fsp3) is 0.500. The van der Waals surface area contributed by atoms with E-state index in [4.69, 9.17) is 12.2 Å². The van der Waals surface area contributed by atoms with Gasteiger partial charge in [0, 0.05) is 18.7 Å². The number of aromatic amines is 1. The molecule has 0 spiro atoms. The number of imidazole rings is 1. The van der Waals surface area contributed by atoms with Crippen LogP contribution in [-0.4, -0.2) is 34.6 Å². The first kappa shape index (κ1) is 14.2. The van der Waals surface area contributed by atoms with E-state index in [1.54, 1.807) is 0 Å². The molecule has 1 N–H and O–H groups in total. The van der Waals surface area contributed by atoms with Gasteiger partial charge in [-0.05, 0) is 60.1 Å². The number of rotatable bonds is 1. The molecule has 2 atom stereocenters. The predicted molar refractivity (Wildman–Crippen MR) is 85.1 cm³/mol. The molecule has 2 aromatic rings. The van der Waals surface area contributed by atoms with Crippen molar-refractivity contribution < 1.29 is 4.39 Å². The lowest BCUT2D eigenvalue weighted by atomic mass is 9.94. The number of piperidine rings is 1. The number of benzene rings is 1. The van der Waals surface area contributed by atoms with E-state index in [1.807, 2.05) is 6.07 Å². The fourth-order valence-electron chi connectivity index (χ4n) is 3.18. The molecule has 20 heavy (non-hydrogen) atoms. The number of hydrogen-bond donors (Lipinski definition) is 1. The molecule has 1 aliphatic heterocycles. The fourth-order valence-corrected chi connectivity index (χ4v) is 3.85. The van der Waals surface area contributed by atoms with Crippen LogP contribution < -0.4 is 0 Å². The van der Waals surface area contributed by atoms with Gasteiger partial charge in [-0.15, -0.1) is 0 Å². The van der Waals surface area contributed by atoms with Crippen molar-refractivity contribution in [2.24, 2.45) is 5.92 Å². The van der Waals surface area contributed by atoms with E-state index < -0.39 is 0 Å². The molecule has 1 fully saturated rings. The minimum Gasteiger partial charge on any atom is -0.330 e. The Balaban J connectivity index is 2.13. The SMILES string of the molecule is CC1CN(C)CCC1n1c(=S)[nH]c2cc(F)c(Br)cc21. The number of fused-ring (bicyclic) bond motifs is 1. The predicted octanol–water partition coefficient (Wildman–Crippen LogP) is 4.11. The Labute approximate surface area is 130 Å². The second-order valence-electron chi connectivity index (χ2n) is 5.68. The summed E-state index contributed by atoms with van der Waals surface area (Å²) in [5.41, 5.74) is 1.74. The van der Waals surface area contributed by atoms with Gasteiger partial charge in [0.1, 0.15) is 5.82 Å². The van der Waals surface area contributed by atoms with Gasteiger partial charge in [-0.2, -0.15) is 0 Å². The standard InChI is InChI=1S/C14H17BrFN3S/c1-8-7-18(2)4-3-12(8)19-13-5-9(15)10(16)6-11(13)17-14(19)20/h5-6,8,12H,3-4,7H2,1-2H3,(H,17,20). The van der Waals surface area contributed by atoms with Crippen LogP contribution in [0.15, 0.2) is 16.6 Å². The lowest BCUT2D eigenvalue weighted by Gasteiger charge is -2.35. The largest absolute Gasteiger partial charge is 0.330 e. The Morgan fingerprint density at radius 2 is 2.20 bits per heavy atom. The van der Waals surface area contributed by atoms with Gasteiger partial charge in [-0.3, -0.25) is 0 Å². The zero-order valence-corrected chi connectivity index (χ0v) is 13.9. The van der Waals surface area contributed by atoms with Gasteiger partial charge >= 0.3 is 0 Å². The Kier molecular flexibility index (Phi) is 3.73. The molecule has 0 saturated carbocycles. The number of hydrogen-bond acceptors (Lipinski definition) is 2. The summed E-state index contributed by atoms with van der Waals surface area (Å²) in [5.74, 6) is 0.251. The number of halogens is 2. The third-order valence-corrected chi connectivity index (χ3v) is 5.06. The van der Waals surface area contributed by atoms with Crippen molar-refractivity contribution in [3.8, 4) is 0 Å². The highest BCUT2D eigenvalue weighted by Crippen LogP contribution is 2.32. The Morgan fingerprint density at radius 3 is 2.90 bits per heavy atom. The molecule has 0 radical (unpaired) electrons. The summed E-state index contributed by atoms with van der Waals surface area (Å²) >= 11 is 8.72. The molecule has 2 unspecified atom stereocenters. The van der Waals surface area contributed by atoms with Crippen LogP contribution in [-0.2, 0) is 0 Å². The highest BCUT2D eigenvalue weighted by atomic mass is 79.9. The van der Waals surface area contributed by atoms with Crippen molar-refractivity contribution in [1.29, 1.82) is 0 Å². The molecular formula is C14H17BrFN3S. The van der Waals surface area contributed by atoms with Crippen LogP contribution in [0.5, 0.6) is 0 Å². The Bertz CT molecular complexity index is 708. The van der Waals surface area contributed by atoms with Crippen LogP contribution in [0, 0.1) is 16.5 Å². The maximum absolute atomic E-state index is 13.6. The summed E-state index contributed by atoms with van der Waals surface area (Å²) in [7, 11) is 2.15. The summed E-state index contributed by atoms with van der Waals surface area (Å²) in [6, 6.07) is 3.69. The smallest absolute Gasteiger partial charge is 0.178 e. The summed E-state index contributed by atoms with van der Waals surface area (Å²) in [6.07, 6.45) is 1.06. The van der Waals surface area contributed by atoms with Gasteiger partial charge in [-0.1, -0.05) is 6.92 Å². The third-order valence-electron chi connectivity index (χ3n) is 4.15. The Hall–Kier alpha value is -0.720. The van der Waals surface area contributed by atoms with Crippen molar-refractivity contribution in [2.45, 2.75) is 19.4 Å². The second-order valence-corrected chi connectivity index (χ2v) is 6.92. The quantitative estimate of drug-likeness (QED) is 0.776. The van der Waals surface area contributed by atoms with E-state index in [9.17, 15) is 4.39 Å². The number of aromatic nitrogens is 2. The molecule has 0 amide bonds. The van der Waals surface area contributed by atoms with Gasteiger partial charge in [0.25, 0.3) is 0 Å². The first-order valence-corrected chi connectivity index (χ1v) is 7.95. The maximum Gasteiger partial charge on any atom is 0.178 e. The van der Waals surface area contributed by atoms with Crippen LogP contribution in [0.4, 0.5) is 4.39 Å². The monoisotopic (exact) mass is 357 g/mol. The third kappa shape index (κ3) is 2.34. The van der Waals surface area contributed by atoms with Crippen molar-refractivity contribution >= 4 is 39.2 Å². The molecule has 3 nitrogen and oxygen atoms in total. The van der Waals surface area contributed by atoms with Crippen LogP contribution >= 0.6 is 28.1 Å². The zero-order valence-electron chi connectivity index (χ0n) is 11.5. The van der Waals surface area contributed by atoms with Gasteiger partial charge in [0.2, 0.25) is 0 Å². The van der Waals surface area contributed by atoms with Gasteiger partial charge in [0.15, 0.2) is 4.77 Å². The molecule has 0 aliphatic carbocycles. The van der Waals surface area contributed by atoms with E-state index in [2.05, 4.69) is 44.4 Å². The minimum atomic E-state index is -0.266. The van der Waals surface area contributed by atoms with Gasteiger partial charge in [0.05, 0.1) is 15.5 Å². The lowest BCUT2D eigenvalue weighted by Crippen LogP contribution is -2.37. The number of likely N-dealkylation sites (tertiary alicyclic amines) is 1. The summed E-state index contributed by atoms with van der Waals surface area (Å²) < 4.78 is 17.0. The highest BCUT2D eigenvalue weighted by molar-refractivity contribution is 9.10. The number of nitrogens with one attached hydrogen (secondary N) is 1. The molecular weight excluding hydrogens is 341 g/mol. The van der Waals surface area contributed by atoms with Crippen molar-refractivity contribution in [2.75, 3.05) is 20.1 Å². The second kappa shape index (κ2) is 5.24. The molecule has 1 saturated heterocycles. The number of H-pyrrole nitrogens is 1. The van der Waals surface area contributed by atoms with Crippen molar-refractivity contribution in [3.05, 3.63) is 27.2 Å². The van der Waals surface area contributed by atoms with Crippen molar-refractivity contribution in [3.63, 3.8) is 0 Å². The van der Waals surface area contributed by atoms with Gasteiger partial charge < -0.3 is 14.5 Å². The summed E-state index contributed by atoms with van der Waals surface area (Å²) in [4.78, 5) is 5.47. The normalized spacial score (nSPS) is 24.4. The molecule has 108 valence electrons. The summed E-state index contributed by atoms with van der Waals surface area (Å²) in [6.45, 7) is 4.37. The minimum absolute atomic E-state index is 0.266. The number of nitrogens with zero attached hydrogens (tertiary/aromatic N) is 2. The van der Waals surface area contributed by atoms with E-state index in [-0.39, 0.29) is 5.82 Å². The summed E-state index contributed by atoms with van der Waals surface area (Å²) in [5, 5.41) is 0. The van der Waals surface area contributed by atoms with Crippen LogP contribution in [0.2, 0.25) is 0 Å². The topological polar surface area (TPSA) is 24.0 Å². The first-order chi connectivity index (χ1) is 9.47. The van der Waals surface area contributed by atoms with E-state index in [0.29, 0.717) is 21.2 Å². The van der Waals surface area contributed by atoms with Gasteiger partial charge in [-0.25, -0.2) is 4.39 Å². The lowest BCUT2D eigenvalue weighted by molar-refractivity contribution is 0.160. The maximum atomic E-state index is 13.6. The first-order valence-electron chi connectivity index (χ1n) is 6.75. The Morgan fingerprint density at radius 1 is 1.45 bits per heavy atom. The molecule has 1 aromatic heterocycles. The molecule has 1 aromatic carbocycles. The highest BCUT2D eigenvalue weighted by Gasteiger charge is 2.27. The molecule has 1 aliphatic rings. The van der Waals surface area contributed by atoms with Crippen molar-refractivity contribution in [1.82, 2.24) is 14.5 Å². The zero-order chi connectivity index (χ0) is 14.4.